The summed E-state index contributed by atoms with van der Waals surface area (Å²) in [5, 5.41) is 10.7. The van der Waals surface area contributed by atoms with Crippen molar-refractivity contribution in [2.24, 2.45) is 0 Å². The highest BCUT2D eigenvalue weighted by Gasteiger charge is 2.16. The van der Waals surface area contributed by atoms with E-state index in [-0.39, 0.29) is 0 Å². The van der Waals surface area contributed by atoms with Gasteiger partial charge < -0.3 is 10.8 Å². The van der Waals surface area contributed by atoms with Crippen LogP contribution in [0.5, 0.6) is 0 Å². The molecule has 1 atom stereocenters. The van der Waals surface area contributed by atoms with Gasteiger partial charge in [0, 0.05) is 16.3 Å². The maximum Gasteiger partial charge on any atom is 0.107 e. The monoisotopic (exact) mass is 233 g/mol. The summed E-state index contributed by atoms with van der Waals surface area (Å²) in [5.74, 6) is 0. The molecule has 0 aliphatic rings. The number of hydrogen-bond donors (Lipinski definition) is 2. The second-order valence-corrected chi connectivity index (χ2v) is 3.96. The summed E-state index contributed by atoms with van der Waals surface area (Å²) in [4.78, 5) is 0. The quantitative estimate of drug-likeness (QED) is 0.784. The molecule has 0 aliphatic carbocycles. The molecule has 0 saturated heterocycles. The highest BCUT2D eigenvalue weighted by molar-refractivity contribution is 6.31. The number of hydrogen-bond acceptors (Lipinski definition) is 2. The van der Waals surface area contributed by atoms with Crippen LogP contribution in [0.4, 0.5) is 5.69 Å². The Kier molecular flexibility index (Phi) is 3.13. The van der Waals surface area contributed by atoms with Crippen molar-refractivity contribution in [1.82, 2.24) is 0 Å². The summed E-state index contributed by atoms with van der Waals surface area (Å²) < 4.78 is 0. The first-order valence-corrected chi connectivity index (χ1v) is 5.35. The van der Waals surface area contributed by atoms with Crippen LogP contribution in [-0.2, 0) is 0 Å². The molecule has 0 spiro atoms. The lowest BCUT2D eigenvalue weighted by atomic mass is 10.00. The highest BCUT2D eigenvalue weighted by Crippen LogP contribution is 2.32. The van der Waals surface area contributed by atoms with E-state index in [0.717, 1.165) is 5.56 Å². The van der Waals surface area contributed by atoms with Crippen molar-refractivity contribution in [1.29, 1.82) is 0 Å². The molecule has 0 radical (unpaired) electrons. The van der Waals surface area contributed by atoms with E-state index in [2.05, 4.69) is 0 Å². The summed E-state index contributed by atoms with van der Waals surface area (Å²) in [6, 6.07) is 14.5. The number of anilines is 1. The molecular formula is C13H12ClNO. The van der Waals surface area contributed by atoms with Gasteiger partial charge in [-0.1, -0.05) is 48.0 Å². The zero-order chi connectivity index (χ0) is 11.5. The summed E-state index contributed by atoms with van der Waals surface area (Å²) in [6.07, 6.45) is -0.783. The standard InChI is InChI=1S/C13H12ClNO/c14-10-7-4-8-11(15)12(10)13(16)9-5-2-1-3-6-9/h1-8,13,16H,15H2. The van der Waals surface area contributed by atoms with Gasteiger partial charge in [-0.25, -0.2) is 0 Å². The Hall–Kier alpha value is -1.51. The number of halogens is 1. The largest absolute Gasteiger partial charge is 0.398 e. The molecule has 0 fully saturated rings. The molecule has 0 bridgehead atoms. The fraction of sp³-hybridized carbons (Fsp3) is 0.0769. The van der Waals surface area contributed by atoms with Crippen LogP contribution in [-0.4, -0.2) is 5.11 Å². The van der Waals surface area contributed by atoms with E-state index in [9.17, 15) is 5.11 Å². The van der Waals surface area contributed by atoms with Gasteiger partial charge in [0.15, 0.2) is 0 Å². The molecule has 82 valence electrons. The van der Waals surface area contributed by atoms with Crippen molar-refractivity contribution < 1.29 is 5.11 Å². The number of benzene rings is 2. The molecule has 0 aliphatic heterocycles. The topological polar surface area (TPSA) is 46.2 Å². The minimum atomic E-state index is -0.783. The van der Waals surface area contributed by atoms with Gasteiger partial charge >= 0.3 is 0 Å². The number of aliphatic hydroxyl groups excluding tert-OH is 1. The predicted molar refractivity (Wildman–Crippen MR) is 66.4 cm³/mol. The first-order valence-electron chi connectivity index (χ1n) is 4.97. The minimum absolute atomic E-state index is 0.483. The summed E-state index contributed by atoms with van der Waals surface area (Å²) in [5.41, 5.74) is 7.66. The Morgan fingerprint density at radius 3 is 2.31 bits per heavy atom. The third kappa shape index (κ3) is 2.03. The normalized spacial score (nSPS) is 12.4. The maximum atomic E-state index is 10.2. The van der Waals surface area contributed by atoms with E-state index in [4.69, 9.17) is 17.3 Å². The van der Waals surface area contributed by atoms with Crippen LogP contribution in [0, 0.1) is 0 Å². The van der Waals surface area contributed by atoms with Crippen LogP contribution in [0.2, 0.25) is 5.02 Å². The Bertz CT molecular complexity index is 464. The van der Waals surface area contributed by atoms with Gasteiger partial charge in [0.05, 0.1) is 0 Å². The second kappa shape index (κ2) is 4.56. The van der Waals surface area contributed by atoms with Crippen LogP contribution in [0.15, 0.2) is 48.5 Å². The van der Waals surface area contributed by atoms with Crippen molar-refractivity contribution in [3.63, 3.8) is 0 Å². The third-order valence-electron chi connectivity index (χ3n) is 2.48. The van der Waals surface area contributed by atoms with Gasteiger partial charge in [-0.2, -0.15) is 0 Å². The molecule has 3 N–H and O–H groups in total. The molecule has 2 rings (SSSR count). The molecule has 0 amide bonds. The third-order valence-corrected chi connectivity index (χ3v) is 2.80. The lowest BCUT2D eigenvalue weighted by Gasteiger charge is -2.15. The Labute approximate surface area is 99.3 Å². The highest BCUT2D eigenvalue weighted by atomic mass is 35.5. The molecule has 0 heterocycles. The van der Waals surface area contributed by atoms with Crippen LogP contribution in [0.25, 0.3) is 0 Å². The molecule has 16 heavy (non-hydrogen) atoms. The van der Waals surface area contributed by atoms with Gasteiger partial charge in [0.2, 0.25) is 0 Å². The van der Waals surface area contributed by atoms with Gasteiger partial charge in [-0.05, 0) is 17.7 Å². The molecule has 3 heteroatoms. The van der Waals surface area contributed by atoms with Gasteiger partial charge in [0.25, 0.3) is 0 Å². The first kappa shape index (κ1) is 11.0. The van der Waals surface area contributed by atoms with Crippen LogP contribution >= 0.6 is 11.6 Å². The molecule has 2 aromatic rings. The van der Waals surface area contributed by atoms with Gasteiger partial charge in [-0.3, -0.25) is 0 Å². The van der Waals surface area contributed by atoms with E-state index in [1.807, 2.05) is 30.3 Å². The second-order valence-electron chi connectivity index (χ2n) is 3.56. The fourth-order valence-electron chi connectivity index (χ4n) is 1.64. The van der Waals surface area contributed by atoms with Crippen LogP contribution in [0.1, 0.15) is 17.2 Å². The van der Waals surface area contributed by atoms with E-state index >= 15 is 0 Å². The van der Waals surface area contributed by atoms with Crippen molar-refractivity contribution in [2.45, 2.75) is 6.10 Å². The predicted octanol–water partition coefficient (Wildman–Crippen LogP) is 3.00. The smallest absolute Gasteiger partial charge is 0.107 e. The Morgan fingerprint density at radius 2 is 1.69 bits per heavy atom. The molecular weight excluding hydrogens is 222 g/mol. The van der Waals surface area contributed by atoms with E-state index in [1.54, 1.807) is 18.2 Å². The van der Waals surface area contributed by atoms with E-state index < -0.39 is 6.10 Å². The summed E-state index contributed by atoms with van der Waals surface area (Å²) in [7, 11) is 0. The minimum Gasteiger partial charge on any atom is -0.398 e. The van der Waals surface area contributed by atoms with E-state index in [0.29, 0.717) is 16.3 Å². The zero-order valence-corrected chi connectivity index (χ0v) is 9.35. The van der Waals surface area contributed by atoms with Crippen molar-refractivity contribution in [3.05, 3.63) is 64.7 Å². The molecule has 1 unspecified atom stereocenters. The number of nitrogen functional groups attached to an aromatic ring is 1. The average molecular weight is 234 g/mol. The number of rotatable bonds is 2. The van der Waals surface area contributed by atoms with E-state index in [1.165, 1.54) is 0 Å². The van der Waals surface area contributed by atoms with Gasteiger partial charge in [-0.15, -0.1) is 0 Å². The lowest BCUT2D eigenvalue weighted by molar-refractivity contribution is 0.221. The molecule has 0 aromatic heterocycles. The SMILES string of the molecule is Nc1cccc(Cl)c1C(O)c1ccccc1. The summed E-state index contributed by atoms with van der Waals surface area (Å²) in [6.45, 7) is 0. The summed E-state index contributed by atoms with van der Waals surface area (Å²) >= 11 is 6.03. The first-order chi connectivity index (χ1) is 7.70. The van der Waals surface area contributed by atoms with Crippen molar-refractivity contribution >= 4 is 17.3 Å². The molecule has 2 aromatic carbocycles. The zero-order valence-electron chi connectivity index (χ0n) is 8.60. The average Bonchev–Trinajstić information content (AvgIpc) is 2.30. The van der Waals surface area contributed by atoms with Crippen LogP contribution in [0.3, 0.4) is 0 Å². The van der Waals surface area contributed by atoms with Crippen molar-refractivity contribution in [3.8, 4) is 0 Å². The molecule has 2 nitrogen and oxygen atoms in total. The van der Waals surface area contributed by atoms with Gasteiger partial charge in [0.1, 0.15) is 6.10 Å². The Morgan fingerprint density at radius 1 is 1.00 bits per heavy atom. The van der Waals surface area contributed by atoms with Crippen LogP contribution < -0.4 is 5.73 Å². The van der Waals surface area contributed by atoms with Crippen molar-refractivity contribution in [2.75, 3.05) is 5.73 Å². The number of aliphatic hydroxyl groups is 1. The lowest BCUT2D eigenvalue weighted by Crippen LogP contribution is -2.04. The Balaban J connectivity index is 2.46. The molecule has 0 saturated carbocycles. The number of nitrogens with two attached hydrogens (primary N) is 1. The maximum absolute atomic E-state index is 10.2. The fourth-order valence-corrected chi connectivity index (χ4v) is 1.93.